The number of carbonyl (C=O) groups is 2. The number of benzene rings is 2. The molecule has 2 aromatic rings. The van der Waals surface area contributed by atoms with E-state index in [4.69, 9.17) is 16.9 Å². The molecular weight excluding hydrogens is 493 g/mol. The lowest BCUT2D eigenvalue weighted by atomic mass is 10.1. The highest BCUT2D eigenvalue weighted by atomic mass is 19.1. The Morgan fingerprint density at radius 1 is 1.08 bits per heavy atom. The summed E-state index contributed by atoms with van der Waals surface area (Å²) in [4.78, 5) is 22.3. The Bertz CT molecular complexity index is 879. The minimum Gasteiger partial charge on any atom is -0.493 e. The van der Waals surface area contributed by atoms with Crippen LogP contribution < -0.4 is 21.1 Å². The van der Waals surface area contributed by atoms with Gasteiger partial charge in [0.25, 0.3) is 0 Å². The molecule has 2 rings (SSSR count). The van der Waals surface area contributed by atoms with E-state index in [2.05, 4.69) is 61.6 Å². The van der Waals surface area contributed by atoms with Crippen LogP contribution in [0.15, 0.2) is 48.5 Å². The van der Waals surface area contributed by atoms with E-state index in [9.17, 15) is 14.0 Å². The summed E-state index contributed by atoms with van der Waals surface area (Å²) >= 11 is 0. The Labute approximate surface area is 236 Å². The SMILES string of the molecule is C#CCC(C=O)NC(=O)CCCCCOc1cc(C)cc(F)c1.CCN.CCNCC.CCc1ccccc1. The zero-order valence-corrected chi connectivity index (χ0v) is 24.6. The maximum atomic E-state index is 13.2. The molecule has 7 heteroatoms. The van der Waals surface area contributed by atoms with E-state index in [0.29, 0.717) is 31.5 Å². The molecule has 0 heterocycles. The molecule has 1 amide bonds. The van der Waals surface area contributed by atoms with Crippen LogP contribution in [0, 0.1) is 25.1 Å². The average Bonchev–Trinajstić information content (AvgIpc) is 2.92. The van der Waals surface area contributed by atoms with Crippen LogP contribution in [-0.4, -0.2) is 44.5 Å². The van der Waals surface area contributed by atoms with Crippen LogP contribution >= 0.6 is 0 Å². The van der Waals surface area contributed by atoms with Crippen molar-refractivity contribution in [3.63, 3.8) is 0 Å². The van der Waals surface area contributed by atoms with Gasteiger partial charge >= 0.3 is 0 Å². The van der Waals surface area contributed by atoms with Gasteiger partial charge in [0.1, 0.15) is 17.9 Å². The Hall–Kier alpha value is -3.21. The number of aryl methyl sites for hydroxylation is 2. The van der Waals surface area contributed by atoms with E-state index in [1.165, 1.54) is 17.7 Å². The summed E-state index contributed by atoms with van der Waals surface area (Å²) in [5, 5.41) is 5.69. The summed E-state index contributed by atoms with van der Waals surface area (Å²) in [5.74, 6) is 2.37. The Kier molecular flexibility index (Phi) is 27.1. The maximum absolute atomic E-state index is 13.2. The third-order valence-electron chi connectivity index (χ3n) is 4.93. The van der Waals surface area contributed by atoms with E-state index in [-0.39, 0.29) is 18.1 Å². The van der Waals surface area contributed by atoms with Crippen molar-refractivity contribution in [1.82, 2.24) is 10.6 Å². The second kappa shape index (κ2) is 27.8. The zero-order valence-electron chi connectivity index (χ0n) is 24.6. The second-order valence-electron chi connectivity index (χ2n) is 8.55. The van der Waals surface area contributed by atoms with Crippen molar-refractivity contribution in [2.75, 3.05) is 26.2 Å². The Balaban J connectivity index is 0. The molecule has 0 fully saturated rings. The normalized spacial score (nSPS) is 10.1. The van der Waals surface area contributed by atoms with Gasteiger partial charge in [0.05, 0.1) is 12.6 Å². The largest absolute Gasteiger partial charge is 0.493 e. The summed E-state index contributed by atoms with van der Waals surface area (Å²) in [6.07, 6.45) is 9.71. The van der Waals surface area contributed by atoms with Crippen molar-refractivity contribution in [2.45, 2.75) is 79.2 Å². The van der Waals surface area contributed by atoms with Gasteiger partial charge in [-0.05, 0) is 75.5 Å². The second-order valence-corrected chi connectivity index (χ2v) is 8.55. The number of carbonyl (C=O) groups excluding carboxylic acids is 2. The van der Waals surface area contributed by atoms with Gasteiger partial charge in [0, 0.05) is 18.9 Å². The van der Waals surface area contributed by atoms with Crippen LogP contribution in [-0.2, 0) is 16.0 Å². The Morgan fingerprint density at radius 3 is 2.18 bits per heavy atom. The molecule has 0 saturated carbocycles. The lowest BCUT2D eigenvalue weighted by Crippen LogP contribution is -2.35. The smallest absolute Gasteiger partial charge is 0.220 e. The molecule has 0 aliphatic rings. The molecule has 0 radical (unpaired) electrons. The highest BCUT2D eigenvalue weighted by Crippen LogP contribution is 2.16. The highest BCUT2D eigenvalue weighted by molar-refractivity contribution is 5.79. The highest BCUT2D eigenvalue weighted by Gasteiger charge is 2.09. The van der Waals surface area contributed by atoms with Crippen LogP contribution in [0.3, 0.4) is 0 Å². The van der Waals surface area contributed by atoms with Gasteiger partial charge in [0.2, 0.25) is 5.91 Å². The number of unbranched alkanes of at least 4 members (excludes halogenated alkanes) is 2. The monoisotopic (exact) mass is 543 g/mol. The first-order valence-corrected chi connectivity index (χ1v) is 13.8. The van der Waals surface area contributed by atoms with Gasteiger partial charge in [-0.2, -0.15) is 0 Å². The molecule has 218 valence electrons. The van der Waals surface area contributed by atoms with E-state index in [0.717, 1.165) is 44.5 Å². The third-order valence-corrected chi connectivity index (χ3v) is 4.93. The fourth-order valence-corrected chi connectivity index (χ4v) is 3.04. The predicted molar refractivity (Wildman–Crippen MR) is 161 cm³/mol. The number of amides is 1. The van der Waals surface area contributed by atoms with Gasteiger partial charge in [0.15, 0.2) is 0 Å². The number of aldehydes is 1. The number of terminal acetylenes is 1. The number of ether oxygens (including phenoxy) is 1. The van der Waals surface area contributed by atoms with Gasteiger partial charge in [-0.25, -0.2) is 4.39 Å². The predicted octanol–water partition coefficient (Wildman–Crippen LogP) is 5.61. The molecule has 0 bridgehead atoms. The molecule has 0 aliphatic heterocycles. The van der Waals surface area contributed by atoms with Crippen LogP contribution in [0.2, 0.25) is 0 Å². The minimum absolute atomic E-state index is 0.181. The summed E-state index contributed by atoms with van der Waals surface area (Å²) in [7, 11) is 0. The lowest BCUT2D eigenvalue weighted by Gasteiger charge is -2.10. The molecule has 2 aromatic carbocycles. The summed E-state index contributed by atoms with van der Waals surface area (Å²) in [6, 6.07) is 14.4. The summed E-state index contributed by atoms with van der Waals surface area (Å²) in [5.41, 5.74) is 7.07. The molecule has 1 unspecified atom stereocenters. The quantitative estimate of drug-likeness (QED) is 0.173. The molecule has 39 heavy (non-hydrogen) atoms. The van der Waals surface area contributed by atoms with Gasteiger partial charge in [-0.15, -0.1) is 12.3 Å². The van der Waals surface area contributed by atoms with E-state index < -0.39 is 6.04 Å². The van der Waals surface area contributed by atoms with Crippen molar-refractivity contribution in [3.8, 4) is 18.1 Å². The molecule has 6 nitrogen and oxygen atoms in total. The van der Waals surface area contributed by atoms with Crippen molar-refractivity contribution in [2.24, 2.45) is 5.73 Å². The van der Waals surface area contributed by atoms with Gasteiger partial charge < -0.3 is 25.9 Å². The molecule has 0 saturated heterocycles. The standard InChI is InChI=1S/C18H22FNO3.C8H10.C4H11N.C2H7N/c1-3-7-16(13-21)20-18(22)8-5-4-6-9-23-17-11-14(2)10-15(19)12-17;1-2-8-6-4-3-5-7-8;1-3-5-4-2;1-2-3/h1,10-13,16H,4-9H2,2H3,(H,20,22);3-7H,2H2,1H3;5H,3-4H2,1-2H3;2-3H2,1H3. The maximum Gasteiger partial charge on any atom is 0.220 e. The fraction of sp³-hybridized carbons (Fsp3) is 0.500. The number of hydrogen-bond donors (Lipinski definition) is 3. The zero-order chi connectivity index (χ0) is 29.7. The van der Waals surface area contributed by atoms with Crippen LogP contribution in [0.4, 0.5) is 4.39 Å². The van der Waals surface area contributed by atoms with Crippen molar-refractivity contribution < 1.29 is 18.7 Å². The number of nitrogens with two attached hydrogens (primary N) is 1. The summed E-state index contributed by atoms with van der Waals surface area (Å²) < 4.78 is 18.7. The molecule has 0 aromatic heterocycles. The molecule has 0 aliphatic carbocycles. The first-order chi connectivity index (χ1) is 18.8. The third kappa shape index (κ3) is 24.9. The van der Waals surface area contributed by atoms with Gasteiger partial charge in [-0.3, -0.25) is 4.79 Å². The number of hydrogen-bond acceptors (Lipinski definition) is 5. The van der Waals surface area contributed by atoms with E-state index in [1.807, 2.05) is 13.0 Å². The topological polar surface area (TPSA) is 93.5 Å². The van der Waals surface area contributed by atoms with Crippen molar-refractivity contribution >= 4 is 12.2 Å². The van der Waals surface area contributed by atoms with Crippen LogP contribution in [0.1, 0.15) is 70.9 Å². The van der Waals surface area contributed by atoms with Crippen molar-refractivity contribution in [3.05, 3.63) is 65.5 Å². The van der Waals surface area contributed by atoms with Crippen molar-refractivity contribution in [1.29, 1.82) is 0 Å². The first-order valence-electron chi connectivity index (χ1n) is 13.8. The number of halogens is 1. The average molecular weight is 544 g/mol. The molecular formula is C32H50FN3O3. The lowest BCUT2D eigenvalue weighted by molar-refractivity contribution is -0.124. The summed E-state index contributed by atoms with van der Waals surface area (Å²) in [6.45, 7) is 13.5. The van der Waals surface area contributed by atoms with E-state index >= 15 is 0 Å². The molecule has 0 spiro atoms. The number of nitrogens with one attached hydrogen (secondary N) is 2. The Morgan fingerprint density at radius 2 is 1.72 bits per heavy atom. The number of rotatable bonds is 13. The minimum atomic E-state index is -0.605. The fourth-order valence-electron chi connectivity index (χ4n) is 3.04. The van der Waals surface area contributed by atoms with Crippen LogP contribution in [0.5, 0.6) is 5.75 Å². The first kappa shape index (κ1) is 37.9. The van der Waals surface area contributed by atoms with E-state index in [1.54, 1.807) is 13.0 Å². The van der Waals surface area contributed by atoms with Gasteiger partial charge in [-0.1, -0.05) is 58.0 Å². The van der Waals surface area contributed by atoms with Crippen LogP contribution in [0.25, 0.3) is 0 Å². The molecule has 1 atom stereocenters. The molecule has 4 N–H and O–H groups in total.